The predicted molar refractivity (Wildman–Crippen MR) is 98.8 cm³/mol. The number of carbonyl (C=O) groups is 1. The zero-order valence-corrected chi connectivity index (χ0v) is 16.0. The van der Waals surface area contributed by atoms with Crippen molar-refractivity contribution < 1.29 is 9.53 Å². The summed E-state index contributed by atoms with van der Waals surface area (Å²) in [6, 6.07) is 2.24. The molecule has 1 fully saturated rings. The molecule has 2 aromatic heterocycles. The molecule has 9 heteroatoms. The number of nitrogens with one attached hydrogen (secondary N) is 1. The number of rotatable bonds is 9. The third kappa shape index (κ3) is 5.86. The number of aryl methyl sites for hydroxylation is 1. The number of hydrogen-bond acceptors (Lipinski definition) is 7. The largest absolute Gasteiger partial charge is 0.379 e. The van der Waals surface area contributed by atoms with E-state index < -0.39 is 0 Å². The molecule has 8 nitrogen and oxygen atoms in total. The lowest BCUT2D eigenvalue weighted by atomic mass is 10.1. The molecule has 1 amide bonds. The van der Waals surface area contributed by atoms with Crippen LogP contribution in [0.5, 0.6) is 0 Å². The van der Waals surface area contributed by atoms with Crippen LogP contribution in [0.4, 0.5) is 0 Å². The molecule has 0 aliphatic carbocycles. The molecule has 0 unspecified atom stereocenters. The number of hydrogen-bond donors (Lipinski definition) is 1. The molecular formula is C17H26N6O2S. The van der Waals surface area contributed by atoms with Gasteiger partial charge in [0, 0.05) is 32.1 Å². The van der Waals surface area contributed by atoms with E-state index in [1.54, 1.807) is 16.0 Å². The van der Waals surface area contributed by atoms with Crippen LogP contribution in [-0.2, 0) is 29.0 Å². The van der Waals surface area contributed by atoms with Gasteiger partial charge in [-0.05, 0) is 52.6 Å². The Hall–Kier alpha value is -1.84. The van der Waals surface area contributed by atoms with E-state index in [2.05, 4.69) is 42.6 Å². The van der Waals surface area contributed by atoms with Crippen LogP contribution in [0.25, 0.3) is 0 Å². The standard InChI is InChI=1S/C17H26N6O2S/c1-14(11-15-4-10-26-13-15)18-17(24)3-2-5-23-16(19-20-21-23)12-22-6-8-25-9-7-22/h4,10,13-14H,2-3,5-9,11-12H2,1H3,(H,18,24)/t14-/m0/s1. The van der Waals surface area contributed by atoms with Crippen molar-refractivity contribution in [3.63, 3.8) is 0 Å². The zero-order chi connectivity index (χ0) is 18.2. The lowest BCUT2D eigenvalue weighted by Crippen LogP contribution is -2.36. The number of tetrazole rings is 1. The number of thiophene rings is 1. The maximum absolute atomic E-state index is 12.1. The van der Waals surface area contributed by atoms with E-state index in [1.165, 1.54) is 5.56 Å². The van der Waals surface area contributed by atoms with Crippen LogP contribution in [0.1, 0.15) is 31.2 Å². The number of aromatic nitrogens is 4. The normalized spacial score (nSPS) is 16.5. The van der Waals surface area contributed by atoms with E-state index >= 15 is 0 Å². The first kappa shape index (κ1) is 18.9. The third-order valence-corrected chi connectivity index (χ3v) is 5.11. The number of carbonyl (C=O) groups excluding carboxylic acids is 1. The molecule has 3 rings (SSSR count). The second kappa shape index (κ2) is 9.75. The van der Waals surface area contributed by atoms with Crippen molar-refractivity contribution in [2.24, 2.45) is 0 Å². The molecule has 0 bridgehead atoms. The van der Waals surface area contributed by atoms with Crippen molar-refractivity contribution in [3.05, 3.63) is 28.2 Å². The second-order valence-corrected chi connectivity index (χ2v) is 7.39. The Bertz CT molecular complexity index is 669. The highest BCUT2D eigenvalue weighted by atomic mass is 32.1. The van der Waals surface area contributed by atoms with Crippen molar-refractivity contribution in [1.29, 1.82) is 0 Å². The van der Waals surface area contributed by atoms with Gasteiger partial charge >= 0.3 is 0 Å². The van der Waals surface area contributed by atoms with Crippen LogP contribution in [-0.4, -0.2) is 63.4 Å². The van der Waals surface area contributed by atoms with Gasteiger partial charge in [0.1, 0.15) is 0 Å². The Balaban J connectivity index is 1.37. The van der Waals surface area contributed by atoms with Gasteiger partial charge in [-0.1, -0.05) is 0 Å². The van der Waals surface area contributed by atoms with Gasteiger partial charge in [-0.15, -0.1) is 5.10 Å². The van der Waals surface area contributed by atoms with Crippen LogP contribution in [0, 0.1) is 0 Å². The first-order chi connectivity index (χ1) is 12.7. The predicted octanol–water partition coefficient (Wildman–Crippen LogP) is 1.09. The van der Waals surface area contributed by atoms with Crippen molar-refractivity contribution in [1.82, 2.24) is 30.4 Å². The maximum atomic E-state index is 12.1. The Morgan fingerprint density at radius 1 is 1.42 bits per heavy atom. The Morgan fingerprint density at radius 3 is 3.04 bits per heavy atom. The second-order valence-electron chi connectivity index (χ2n) is 6.61. The molecule has 0 spiro atoms. The quantitative estimate of drug-likeness (QED) is 0.703. The minimum atomic E-state index is 0.0792. The molecule has 1 N–H and O–H groups in total. The van der Waals surface area contributed by atoms with Crippen LogP contribution < -0.4 is 5.32 Å². The van der Waals surface area contributed by atoms with Gasteiger partial charge < -0.3 is 10.1 Å². The van der Waals surface area contributed by atoms with Gasteiger partial charge in [0.05, 0.1) is 19.8 Å². The first-order valence-corrected chi connectivity index (χ1v) is 10.0. The maximum Gasteiger partial charge on any atom is 0.220 e. The van der Waals surface area contributed by atoms with Crippen LogP contribution in [0.15, 0.2) is 16.8 Å². The van der Waals surface area contributed by atoms with Crippen molar-refractivity contribution in [2.75, 3.05) is 26.3 Å². The van der Waals surface area contributed by atoms with Gasteiger partial charge in [-0.25, -0.2) is 4.68 Å². The molecule has 1 aliphatic heterocycles. The van der Waals surface area contributed by atoms with Gasteiger partial charge in [-0.2, -0.15) is 11.3 Å². The third-order valence-electron chi connectivity index (χ3n) is 4.38. The molecule has 0 radical (unpaired) electrons. The summed E-state index contributed by atoms with van der Waals surface area (Å²) in [5.74, 6) is 0.925. The van der Waals surface area contributed by atoms with E-state index in [-0.39, 0.29) is 11.9 Å². The molecule has 0 saturated carbocycles. The van der Waals surface area contributed by atoms with E-state index in [9.17, 15) is 4.79 Å². The number of nitrogens with zero attached hydrogens (tertiary/aromatic N) is 5. The number of morpholine rings is 1. The smallest absolute Gasteiger partial charge is 0.220 e. The summed E-state index contributed by atoms with van der Waals surface area (Å²) in [6.07, 6.45) is 2.06. The molecule has 26 heavy (non-hydrogen) atoms. The highest BCUT2D eigenvalue weighted by molar-refractivity contribution is 7.07. The van der Waals surface area contributed by atoms with Gasteiger partial charge in [0.25, 0.3) is 0 Å². The van der Waals surface area contributed by atoms with E-state index in [4.69, 9.17) is 4.74 Å². The van der Waals surface area contributed by atoms with E-state index in [1.807, 2.05) is 6.92 Å². The highest BCUT2D eigenvalue weighted by Crippen LogP contribution is 2.09. The average Bonchev–Trinajstić information content (AvgIpc) is 3.28. The molecule has 1 aliphatic rings. The molecule has 2 aromatic rings. The Kier molecular flexibility index (Phi) is 7.10. The van der Waals surface area contributed by atoms with Crippen molar-refractivity contribution in [2.45, 2.75) is 45.3 Å². The molecule has 142 valence electrons. The average molecular weight is 379 g/mol. The minimum absolute atomic E-state index is 0.0792. The highest BCUT2D eigenvalue weighted by Gasteiger charge is 2.15. The van der Waals surface area contributed by atoms with Gasteiger partial charge in [0.15, 0.2) is 5.82 Å². The van der Waals surface area contributed by atoms with Crippen LogP contribution >= 0.6 is 11.3 Å². The fourth-order valence-electron chi connectivity index (χ4n) is 3.02. The fraction of sp³-hybridized carbons (Fsp3) is 0.647. The molecule has 3 heterocycles. The summed E-state index contributed by atoms with van der Waals surface area (Å²) in [4.78, 5) is 14.4. The fourth-order valence-corrected chi connectivity index (χ4v) is 3.70. The lowest BCUT2D eigenvalue weighted by Gasteiger charge is -2.25. The summed E-state index contributed by atoms with van der Waals surface area (Å²) in [7, 11) is 0. The van der Waals surface area contributed by atoms with Gasteiger partial charge in [0.2, 0.25) is 5.91 Å². The number of amides is 1. The summed E-state index contributed by atoms with van der Waals surface area (Å²) in [6.45, 7) is 6.72. The first-order valence-electron chi connectivity index (χ1n) is 9.06. The molecule has 1 atom stereocenters. The lowest BCUT2D eigenvalue weighted by molar-refractivity contribution is -0.121. The van der Waals surface area contributed by atoms with E-state index in [0.717, 1.165) is 51.5 Å². The summed E-state index contributed by atoms with van der Waals surface area (Å²) < 4.78 is 7.16. The molecule has 1 saturated heterocycles. The SMILES string of the molecule is C[C@@H](Cc1ccsc1)NC(=O)CCCn1nnnc1CN1CCOCC1. The van der Waals surface area contributed by atoms with Crippen molar-refractivity contribution in [3.8, 4) is 0 Å². The van der Waals surface area contributed by atoms with E-state index in [0.29, 0.717) is 13.0 Å². The topological polar surface area (TPSA) is 85.2 Å². The van der Waals surface area contributed by atoms with Gasteiger partial charge in [-0.3, -0.25) is 9.69 Å². The number of ether oxygens (including phenoxy) is 1. The molecule has 0 aromatic carbocycles. The minimum Gasteiger partial charge on any atom is -0.379 e. The summed E-state index contributed by atoms with van der Waals surface area (Å²) >= 11 is 1.68. The summed E-state index contributed by atoms with van der Waals surface area (Å²) in [5.41, 5.74) is 1.27. The Morgan fingerprint density at radius 2 is 2.27 bits per heavy atom. The van der Waals surface area contributed by atoms with Crippen LogP contribution in [0.2, 0.25) is 0 Å². The molecular weight excluding hydrogens is 352 g/mol. The summed E-state index contributed by atoms with van der Waals surface area (Å²) in [5, 5.41) is 19.2. The van der Waals surface area contributed by atoms with Crippen LogP contribution in [0.3, 0.4) is 0 Å². The zero-order valence-electron chi connectivity index (χ0n) is 15.1. The van der Waals surface area contributed by atoms with Crippen molar-refractivity contribution >= 4 is 17.2 Å². The monoisotopic (exact) mass is 378 g/mol. The Labute approximate surface area is 157 Å².